The third-order valence-corrected chi connectivity index (χ3v) is 6.60. The Labute approximate surface area is 179 Å². The average molecular weight is 439 g/mol. The van der Waals surface area contributed by atoms with Gasteiger partial charge < -0.3 is 9.09 Å². The third kappa shape index (κ3) is 3.63. The summed E-state index contributed by atoms with van der Waals surface area (Å²) in [5, 5.41) is 5.95. The van der Waals surface area contributed by atoms with Crippen molar-refractivity contribution in [1.82, 2.24) is 29.1 Å². The van der Waals surface area contributed by atoms with E-state index in [2.05, 4.69) is 46.1 Å². The Morgan fingerprint density at radius 1 is 1.13 bits per heavy atom. The lowest BCUT2D eigenvalue weighted by Gasteiger charge is -2.03. The Kier molecular flexibility index (Phi) is 4.87. The molecule has 152 valence electrons. The summed E-state index contributed by atoms with van der Waals surface area (Å²) in [4.78, 5) is 26.2. The van der Waals surface area contributed by atoms with Gasteiger partial charge >= 0.3 is 0 Å². The number of aryl methyl sites for hydroxylation is 2. The van der Waals surface area contributed by atoms with Gasteiger partial charge in [0.25, 0.3) is 5.56 Å². The maximum Gasteiger partial charge on any atom is 0.258 e. The number of hydrogen-bond acceptors (Lipinski definition) is 8. The molecule has 0 atom stereocenters. The van der Waals surface area contributed by atoms with Gasteiger partial charge in [-0.05, 0) is 37.1 Å². The van der Waals surface area contributed by atoms with Crippen LogP contribution in [0.3, 0.4) is 0 Å². The Morgan fingerprint density at radius 2 is 2.00 bits per heavy atom. The van der Waals surface area contributed by atoms with Crippen LogP contribution in [0.4, 0.5) is 0 Å². The Balaban J connectivity index is 1.24. The van der Waals surface area contributed by atoms with Gasteiger partial charge in [-0.15, -0.1) is 23.1 Å². The second-order valence-electron chi connectivity index (χ2n) is 7.04. The third-order valence-electron chi connectivity index (χ3n) is 4.89. The zero-order chi connectivity index (χ0) is 20.7. The number of hydrogen-bond donors (Lipinski definition) is 0. The van der Waals surface area contributed by atoms with Crippen LogP contribution in [-0.4, -0.2) is 29.1 Å². The molecule has 4 heterocycles. The quantitative estimate of drug-likeness (QED) is 0.400. The van der Waals surface area contributed by atoms with Crippen LogP contribution in [0.25, 0.3) is 16.0 Å². The molecule has 5 aromatic rings. The first-order valence-corrected chi connectivity index (χ1v) is 11.4. The molecule has 8 nitrogen and oxygen atoms in total. The molecule has 0 N–H and O–H groups in total. The lowest BCUT2D eigenvalue weighted by Crippen LogP contribution is -2.12. The molecule has 0 aliphatic heterocycles. The Hall–Kier alpha value is -2.98. The van der Waals surface area contributed by atoms with E-state index in [1.165, 1.54) is 22.5 Å². The molecule has 5 rings (SSSR count). The number of thiazole rings is 1. The number of aromatic nitrogens is 6. The Bertz CT molecular complexity index is 1410. The summed E-state index contributed by atoms with van der Waals surface area (Å²) in [5.41, 5.74) is 5.16. The lowest BCUT2D eigenvalue weighted by atomic mass is 10.1. The highest BCUT2D eigenvalue weighted by Gasteiger charge is 2.11. The first kappa shape index (κ1) is 19.0. The van der Waals surface area contributed by atoms with E-state index in [1.54, 1.807) is 34.8 Å². The SMILES string of the molecule is Cc1cc2ncn(Cc3noc(CSCc4cc(=O)n5ccsc5n4)n3)c2cc1C. The summed E-state index contributed by atoms with van der Waals surface area (Å²) in [6.45, 7) is 4.68. The molecule has 0 spiro atoms. The average Bonchev–Trinajstić information content (AvgIpc) is 3.44. The maximum atomic E-state index is 12.1. The molecule has 0 unspecified atom stereocenters. The summed E-state index contributed by atoms with van der Waals surface area (Å²) in [6, 6.07) is 5.79. The number of benzene rings is 1. The number of nitrogens with zero attached hydrogens (tertiary/aromatic N) is 6. The molecule has 0 saturated heterocycles. The van der Waals surface area contributed by atoms with E-state index in [4.69, 9.17) is 4.52 Å². The summed E-state index contributed by atoms with van der Waals surface area (Å²) < 4.78 is 8.96. The number of imidazole rings is 1. The minimum absolute atomic E-state index is 0.0603. The predicted molar refractivity (Wildman–Crippen MR) is 117 cm³/mol. The van der Waals surface area contributed by atoms with Crippen LogP contribution in [0, 0.1) is 13.8 Å². The summed E-state index contributed by atoms with van der Waals surface area (Å²) in [5.74, 6) is 2.33. The smallest absolute Gasteiger partial charge is 0.258 e. The molecule has 0 bridgehead atoms. The lowest BCUT2D eigenvalue weighted by molar-refractivity contribution is 0.384. The van der Waals surface area contributed by atoms with E-state index in [9.17, 15) is 4.79 Å². The monoisotopic (exact) mass is 438 g/mol. The zero-order valence-corrected chi connectivity index (χ0v) is 18.0. The van der Waals surface area contributed by atoms with Crippen LogP contribution < -0.4 is 5.56 Å². The largest absolute Gasteiger partial charge is 0.338 e. The topological polar surface area (TPSA) is 91.1 Å². The van der Waals surface area contributed by atoms with Crippen molar-refractivity contribution in [3.8, 4) is 0 Å². The molecular weight excluding hydrogens is 420 g/mol. The Morgan fingerprint density at radius 3 is 2.90 bits per heavy atom. The highest BCUT2D eigenvalue weighted by atomic mass is 32.2. The molecule has 0 saturated carbocycles. The molecular formula is C20H18N6O2S2. The minimum atomic E-state index is -0.0603. The maximum absolute atomic E-state index is 12.1. The normalized spacial score (nSPS) is 11.7. The second kappa shape index (κ2) is 7.69. The van der Waals surface area contributed by atoms with Gasteiger partial charge in [-0.3, -0.25) is 9.20 Å². The first-order chi connectivity index (χ1) is 14.6. The van der Waals surface area contributed by atoms with Gasteiger partial charge in [0.1, 0.15) is 0 Å². The number of rotatable bonds is 6. The fourth-order valence-electron chi connectivity index (χ4n) is 3.21. The van der Waals surface area contributed by atoms with E-state index in [1.807, 2.05) is 9.95 Å². The number of fused-ring (bicyclic) bond motifs is 2. The highest BCUT2D eigenvalue weighted by molar-refractivity contribution is 7.97. The molecule has 0 amide bonds. The van der Waals surface area contributed by atoms with E-state index >= 15 is 0 Å². The van der Waals surface area contributed by atoms with Crippen molar-refractivity contribution >= 4 is 39.1 Å². The van der Waals surface area contributed by atoms with E-state index < -0.39 is 0 Å². The molecule has 0 fully saturated rings. The van der Waals surface area contributed by atoms with Crippen LogP contribution >= 0.6 is 23.1 Å². The fourth-order valence-corrected chi connectivity index (χ4v) is 4.70. The van der Waals surface area contributed by atoms with Gasteiger partial charge in [-0.25, -0.2) is 9.97 Å². The molecule has 30 heavy (non-hydrogen) atoms. The zero-order valence-electron chi connectivity index (χ0n) is 16.4. The summed E-state index contributed by atoms with van der Waals surface area (Å²) in [7, 11) is 0. The minimum Gasteiger partial charge on any atom is -0.338 e. The second-order valence-corrected chi connectivity index (χ2v) is 8.89. The molecule has 1 aromatic carbocycles. The van der Waals surface area contributed by atoms with Gasteiger partial charge in [0.15, 0.2) is 10.8 Å². The summed E-state index contributed by atoms with van der Waals surface area (Å²) in [6.07, 6.45) is 3.54. The highest BCUT2D eigenvalue weighted by Crippen LogP contribution is 2.20. The van der Waals surface area contributed by atoms with Gasteiger partial charge in [0, 0.05) is 23.4 Å². The molecule has 4 aromatic heterocycles. The van der Waals surface area contributed by atoms with E-state index in [0.29, 0.717) is 34.7 Å². The van der Waals surface area contributed by atoms with Gasteiger partial charge in [-0.1, -0.05) is 5.16 Å². The van der Waals surface area contributed by atoms with Crippen molar-refractivity contribution in [2.45, 2.75) is 31.9 Å². The van der Waals surface area contributed by atoms with Crippen LogP contribution in [-0.2, 0) is 18.1 Å². The van der Waals surface area contributed by atoms with Crippen LogP contribution in [0.2, 0.25) is 0 Å². The van der Waals surface area contributed by atoms with Crippen molar-refractivity contribution < 1.29 is 4.52 Å². The van der Waals surface area contributed by atoms with Crippen molar-refractivity contribution in [2.24, 2.45) is 0 Å². The van der Waals surface area contributed by atoms with Crippen molar-refractivity contribution in [1.29, 1.82) is 0 Å². The fraction of sp³-hybridized carbons (Fsp3) is 0.250. The standard InChI is InChI=1S/C20H18N6O2S2/c1-12-5-15-16(6-13(12)2)25(11-21-15)8-17-23-18(28-24-17)10-29-9-14-7-19(27)26-3-4-30-20(26)22-14/h3-7,11H,8-10H2,1-2H3. The van der Waals surface area contributed by atoms with Crippen LogP contribution in [0.15, 0.2) is 45.4 Å². The predicted octanol–water partition coefficient (Wildman–Crippen LogP) is 3.59. The van der Waals surface area contributed by atoms with Crippen LogP contribution in [0.1, 0.15) is 28.5 Å². The van der Waals surface area contributed by atoms with Gasteiger partial charge in [0.05, 0.1) is 35.4 Å². The molecule has 10 heteroatoms. The van der Waals surface area contributed by atoms with Crippen molar-refractivity contribution in [3.05, 3.63) is 75.0 Å². The van der Waals surface area contributed by atoms with E-state index in [-0.39, 0.29) is 5.56 Å². The van der Waals surface area contributed by atoms with Gasteiger partial charge in [0.2, 0.25) is 5.89 Å². The van der Waals surface area contributed by atoms with Crippen molar-refractivity contribution in [2.75, 3.05) is 0 Å². The van der Waals surface area contributed by atoms with Crippen LogP contribution in [0.5, 0.6) is 0 Å². The molecule has 0 aliphatic rings. The molecule has 0 radical (unpaired) electrons. The summed E-state index contributed by atoms with van der Waals surface area (Å²) >= 11 is 3.03. The first-order valence-electron chi connectivity index (χ1n) is 9.34. The van der Waals surface area contributed by atoms with Gasteiger partial charge in [-0.2, -0.15) is 4.98 Å². The molecule has 0 aliphatic carbocycles. The van der Waals surface area contributed by atoms with E-state index in [0.717, 1.165) is 16.7 Å². The van der Waals surface area contributed by atoms with Crippen molar-refractivity contribution in [3.63, 3.8) is 0 Å². The number of thioether (sulfide) groups is 1.